The van der Waals surface area contributed by atoms with Crippen molar-refractivity contribution in [2.24, 2.45) is 0 Å². The lowest BCUT2D eigenvalue weighted by atomic mass is 10.2. The van der Waals surface area contributed by atoms with Gasteiger partial charge in [0.1, 0.15) is 12.4 Å². The van der Waals surface area contributed by atoms with Crippen LogP contribution in [0.25, 0.3) is 0 Å². The number of benzene rings is 2. The van der Waals surface area contributed by atoms with Gasteiger partial charge in [0.2, 0.25) is 0 Å². The molecule has 148 valence electrons. The monoisotopic (exact) mass is 393 g/mol. The molecular formula is C21H19N3O5. The number of nitro benzene ring substituents is 1. The molecule has 0 saturated carbocycles. The number of para-hydroxylation sites is 2. The summed E-state index contributed by atoms with van der Waals surface area (Å²) in [5, 5.41) is 13.7. The Kier molecular flexibility index (Phi) is 6.72. The lowest BCUT2D eigenvalue weighted by molar-refractivity contribution is -0.385. The number of hydrogen-bond donors (Lipinski definition) is 1. The van der Waals surface area contributed by atoms with Gasteiger partial charge >= 0.3 is 5.69 Å². The summed E-state index contributed by atoms with van der Waals surface area (Å²) in [5.41, 5.74) is 1.54. The average Bonchev–Trinajstić information content (AvgIpc) is 2.76. The number of carbonyl (C=O) groups is 1. The van der Waals surface area contributed by atoms with E-state index in [2.05, 4.69) is 10.3 Å². The van der Waals surface area contributed by atoms with Crippen LogP contribution in [0.2, 0.25) is 0 Å². The molecule has 8 heteroatoms. The van der Waals surface area contributed by atoms with E-state index in [1.807, 2.05) is 42.5 Å². The Morgan fingerprint density at radius 2 is 1.76 bits per heavy atom. The lowest BCUT2D eigenvalue weighted by Crippen LogP contribution is -2.28. The van der Waals surface area contributed by atoms with E-state index in [1.54, 1.807) is 12.3 Å². The molecule has 1 heterocycles. The van der Waals surface area contributed by atoms with Gasteiger partial charge in [0.15, 0.2) is 12.4 Å². The van der Waals surface area contributed by atoms with Crippen molar-refractivity contribution in [3.05, 3.63) is 94.3 Å². The normalized spacial score (nSPS) is 10.2. The van der Waals surface area contributed by atoms with Gasteiger partial charge in [-0.05, 0) is 35.9 Å². The second kappa shape index (κ2) is 9.84. The van der Waals surface area contributed by atoms with E-state index in [-0.39, 0.29) is 24.0 Å². The molecular weight excluding hydrogens is 374 g/mol. The maximum atomic E-state index is 12.0. The molecule has 0 aliphatic heterocycles. The van der Waals surface area contributed by atoms with Crippen LogP contribution in [0.15, 0.2) is 72.9 Å². The molecule has 0 atom stereocenters. The van der Waals surface area contributed by atoms with Crippen LogP contribution in [-0.2, 0) is 17.9 Å². The fraction of sp³-hybridized carbons (Fsp3) is 0.143. The van der Waals surface area contributed by atoms with Gasteiger partial charge in [-0.3, -0.25) is 19.9 Å². The zero-order chi connectivity index (χ0) is 20.5. The third kappa shape index (κ3) is 6.03. The molecule has 0 aliphatic rings. The first-order valence-electron chi connectivity index (χ1n) is 8.86. The van der Waals surface area contributed by atoms with E-state index in [1.165, 1.54) is 18.2 Å². The molecule has 0 bridgehead atoms. The fourth-order valence-corrected chi connectivity index (χ4v) is 2.47. The summed E-state index contributed by atoms with van der Waals surface area (Å²) < 4.78 is 10.9. The Labute approximate surface area is 167 Å². The van der Waals surface area contributed by atoms with Crippen molar-refractivity contribution in [1.29, 1.82) is 0 Å². The second-order valence-electron chi connectivity index (χ2n) is 6.04. The summed E-state index contributed by atoms with van der Waals surface area (Å²) in [6.07, 6.45) is 1.71. The van der Waals surface area contributed by atoms with Gasteiger partial charge in [-0.1, -0.05) is 30.3 Å². The third-order valence-electron chi connectivity index (χ3n) is 3.95. The molecule has 1 N–H and O–H groups in total. The predicted molar refractivity (Wildman–Crippen MR) is 105 cm³/mol. The number of hydrogen-bond acceptors (Lipinski definition) is 6. The van der Waals surface area contributed by atoms with E-state index >= 15 is 0 Å². The van der Waals surface area contributed by atoms with E-state index in [4.69, 9.17) is 9.47 Å². The zero-order valence-corrected chi connectivity index (χ0v) is 15.5. The van der Waals surface area contributed by atoms with Gasteiger partial charge in [-0.25, -0.2) is 0 Å². The van der Waals surface area contributed by atoms with E-state index < -0.39 is 4.92 Å². The number of aromatic nitrogens is 1. The highest BCUT2D eigenvalue weighted by Crippen LogP contribution is 2.25. The maximum Gasteiger partial charge on any atom is 0.310 e. The molecule has 1 amide bonds. The highest BCUT2D eigenvalue weighted by molar-refractivity contribution is 5.77. The van der Waals surface area contributed by atoms with Crippen LogP contribution in [0, 0.1) is 10.1 Å². The van der Waals surface area contributed by atoms with Crippen LogP contribution in [0.3, 0.4) is 0 Å². The van der Waals surface area contributed by atoms with Crippen LogP contribution >= 0.6 is 0 Å². The Bertz CT molecular complexity index is 962. The molecule has 1 aromatic heterocycles. The van der Waals surface area contributed by atoms with E-state index in [9.17, 15) is 14.9 Å². The Hall–Kier alpha value is -3.94. The van der Waals surface area contributed by atoms with Crippen LogP contribution in [0.1, 0.15) is 11.3 Å². The predicted octanol–water partition coefficient (Wildman–Crippen LogP) is 3.26. The first-order valence-corrected chi connectivity index (χ1v) is 8.86. The van der Waals surface area contributed by atoms with E-state index in [0.717, 1.165) is 11.3 Å². The number of carbonyl (C=O) groups excluding carboxylic acids is 1. The summed E-state index contributed by atoms with van der Waals surface area (Å²) in [5.74, 6) is 0.381. The molecule has 0 fully saturated rings. The molecule has 0 saturated heterocycles. The third-order valence-corrected chi connectivity index (χ3v) is 3.95. The number of nitro groups is 1. The van der Waals surface area contributed by atoms with Crippen molar-refractivity contribution in [2.75, 3.05) is 6.61 Å². The minimum absolute atomic E-state index is 0.0575. The zero-order valence-electron chi connectivity index (χ0n) is 15.5. The Morgan fingerprint density at radius 3 is 2.48 bits per heavy atom. The first-order chi connectivity index (χ1) is 14.1. The Balaban J connectivity index is 1.44. The molecule has 29 heavy (non-hydrogen) atoms. The number of nitrogens with one attached hydrogen (secondary N) is 1. The van der Waals surface area contributed by atoms with E-state index in [0.29, 0.717) is 18.9 Å². The molecule has 3 aromatic rings. The smallest absolute Gasteiger partial charge is 0.310 e. The molecule has 0 radical (unpaired) electrons. The minimum Gasteiger partial charge on any atom is -0.487 e. The van der Waals surface area contributed by atoms with Gasteiger partial charge in [-0.2, -0.15) is 0 Å². The highest BCUT2D eigenvalue weighted by atomic mass is 16.6. The summed E-state index contributed by atoms with van der Waals surface area (Å²) in [4.78, 5) is 26.5. The van der Waals surface area contributed by atoms with Crippen molar-refractivity contribution in [3.8, 4) is 11.5 Å². The standard InChI is InChI=1S/C21H19N3O5/c25-21(15-29-20-7-2-1-6-19(20)24(26)27)23-13-16-8-10-18(11-9-16)28-14-17-5-3-4-12-22-17/h1-12H,13-15H2,(H,23,25). The van der Waals surface area contributed by atoms with Crippen molar-refractivity contribution in [1.82, 2.24) is 10.3 Å². The first kappa shape index (κ1) is 19.8. The number of pyridine rings is 1. The molecule has 3 rings (SSSR count). The SMILES string of the molecule is O=C(COc1ccccc1[N+](=O)[O-])NCc1ccc(OCc2ccccn2)cc1. The van der Waals surface area contributed by atoms with Crippen LogP contribution in [0.5, 0.6) is 11.5 Å². The van der Waals surface area contributed by atoms with Gasteiger partial charge in [0.05, 0.1) is 10.6 Å². The quantitative estimate of drug-likeness (QED) is 0.442. The summed E-state index contributed by atoms with van der Waals surface area (Å²) >= 11 is 0. The molecule has 0 spiro atoms. The van der Waals surface area contributed by atoms with Gasteiger partial charge in [-0.15, -0.1) is 0 Å². The number of nitrogens with zero attached hydrogens (tertiary/aromatic N) is 2. The molecule has 2 aromatic carbocycles. The second-order valence-corrected chi connectivity index (χ2v) is 6.04. The minimum atomic E-state index is -0.551. The number of amides is 1. The van der Waals surface area contributed by atoms with Gasteiger partial charge < -0.3 is 14.8 Å². The van der Waals surface area contributed by atoms with Gasteiger partial charge in [0, 0.05) is 18.8 Å². The van der Waals surface area contributed by atoms with Crippen molar-refractivity contribution < 1.29 is 19.2 Å². The summed E-state index contributed by atoms with van der Waals surface area (Å²) in [6, 6.07) is 18.9. The molecule has 0 aliphatic carbocycles. The topological polar surface area (TPSA) is 104 Å². The lowest BCUT2D eigenvalue weighted by Gasteiger charge is -2.09. The van der Waals surface area contributed by atoms with Gasteiger partial charge in [0.25, 0.3) is 5.91 Å². The van der Waals surface area contributed by atoms with Crippen LogP contribution in [-0.4, -0.2) is 22.4 Å². The molecule has 8 nitrogen and oxygen atoms in total. The van der Waals surface area contributed by atoms with Crippen LogP contribution in [0.4, 0.5) is 5.69 Å². The average molecular weight is 393 g/mol. The van der Waals surface area contributed by atoms with Crippen molar-refractivity contribution >= 4 is 11.6 Å². The molecule has 0 unspecified atom stereocenters. The number of rotatable bonds is 9. The largest absolute Gasteiger partial charge is 0.487 e. The van der Waals surface area contributed by atoms with Crippen molar-refractivity contribution in [2.45, 2.75) is 13.2 Å². The number of ether oxygens (including phenoxy) is 2. The maximum absolute atomic E-state index is 12.0. The fourth-order valence-electron chi connectivity index (χ4n) is 2.47. The highest BCUT2D eigenvalue weighted by Gasteiger charge is 2.14. The van der Waals surface area contributed by atoms with Crippen LogP contribution < -0.4 is 14.8 Å². The Morgan fingerprint density at radius 1 is 1.00 bits per heavy atom. The van der Waals surface area contributed by atoms with Crippen molar-refractivity contribution in [3.63, 3.8) is 0 Å². The summed E-state index contributed by atoms with van der Waals surface area (Å²) in [6.45, 7) is 0.371. The summed E-state index contributed by atoms with van der Waals surface area (Å²) in [7, 11) is 0.